The van der Waals surface area contributed by atoms with Gasteiger partial charge in [-0.1, -0.05) is 23.7 Å². The predicted octanol–water partition coefficient (Wildman–Crippen LogP) is 4.46. The van der Waals surface area contributed by atoms with Crippen LogP contribution in [0.4, 0.5) is 5.69 Å². The van der Waals surface area contributed by atoms with Gasteiger partial charge in [0.05, 0.1) is 22.9 Å². The van der Waals surface area contributed by atoms with Crippen LogP contribution in [-0.4, -0.2) is 32.6 Å². The van der Waals surface area contributed by atoms with Gasteiger partial charge in [0.1, 0.15) is 11.5 Å². The van der Waals surface area contributed by atoms with E-state index in [1.54, 1.807) is 37.3 Å². The van der Waals surface area contributed by atoms with Crippen molar-refractivity contribution in [2.75, 3.05) is 18.5 Å². The third-order valence-corrected chi connectivity index (χ3v) is 6.93. The van der Waals surface area contributed by atoms with E-state index in [1.165, 1.54) is 12.1 Å². The Labute approximate surface area is 215 Å². The molecule has 0 bridgehead atoms. The molecule has 0 aliphatic carbocycles. The van der Waals surface area contributed by atoms with Crippen LogP contribution >= 0.6 is 11.6 Å². The third kappa shape index (κ3) is 7.29. The summed E-state index contributed by atoms with van der Waals surface area (Å²) in [6.07, 6.45) is 0.385. The van der Waals surface area contributed by atoms with Crippen LogP contribution in [0.5, 0.6) is 11.5 Å². The van der Waals surface area contributed by atoms with E-state index < -0.39 is 10.0 Å². The fourth-order valence-electron chi connectivity index (χ4n) is 3.37. The maximum atomic E-state index is 12.7. The molecule has 0 unspecified atom stereocenters. The molecule has 0 saturated heterocycles. The van der Waals surface area contributed by atoms with E-state index in [4.69, 9.17) is 26.7 Å². The standard InChI is InChI=1S/C26H26ClN3O5S/c1-17-4-5-19(13-25(17)35-22-12-20(16-28)11-21(27)15-22)14-26(32)30-24-7-6-23(10-18(24)2)36(33,34)29-8-3-9-31/h4-7,10-13,15,29,31H,3,8-9,14H2,1-2H3,(H,30,32). The molecule has 0 spiro atoms. The molecule has 3 N–H and O–H groups in total. The smallest absolute Gasteiger partial charge is 0.240 e. The normalized spacial score (nSPS) is 11.1. The molecule has 188 valence electrons. The second-order valence-electron chi connectivity index (χ2n) is 8.17. The van der Waals surface area contributed by atoms with Crippen LogP contribution in [0.1, 0.15) is 28.7 Å². The number of carbonyl (C=O) groups is 1. The summed E-state index contributed by atoms with van der Waals surface area (Å²) < 4.78 is 33.1. The van der Waals surface area contributed by atoms with Crippen LogP contribution in [0.15, 0.2) is 59.5 Å². The van der Waals surface area contributed by atoms with Crippen molar-refractivity contribution >= 4 is 33.2 Å². The Morgan fingerprint density at radius 1 is 1.08 bits per heavy atom. The maximum Gasteiger partial charge on any atom is 0.240 e. The molecule has 1 amide bonds. The Hall–Kier alpha value is -3.42. The zero-order chi connectivity index (χ0) is 26.3. The van der Waals surface area contributed by atoms with Crippen molar-refractivity contribution in [3.63, 3.8) is 0 Å². The highest BCUT2D eigenvalue weighted by Gasteiger charge is 2.16. The monoisotopic (exact) mass is 527 g/mol. The molecule has 0 heterocycles. The fraction of sp³-hybridized carbons (Fsp3) is 0.231. The van der Waals surface area contributed by atoms with Gasteiger partial charge in [-0.3, -0.25) is 4.79 Å². The molecule has 0 saturated carbocycles. The molecule has 3 aromatic carbocycles. The highest BCUT2D eigenvalue weighted by molar-refractivity contribution is 7.89. The lowest BCUT2D eigenvalue weighted by molar-refractivity contribution is -0.115. The van der Waals surface area contributed by atoms with Gasteiger partial charge in [-0.15, -0.1) is 0 Å². The number of nitrogens with one attached hydrogen (secondary N) is 2. The lowest BCUT2D eigenvalue weighted by Gasteiger charge is -2.13. The zero-order valence-electron chi connectivity index (χ0n) is 19.8. The molecule has 3 aromatic rings. The lowest BCUT2D eigenvalue weighted by Crippen LogP contribution is -2.25. The van der Waals surface area contributed by atoms with Crippen molar-refractivity contribution < 1.29 is 23.1 Å². The SMILES string of the molecule is Cc1cc(S(=O)(=O)NCCCO)ccc1NC(=O)Cc1ccc(C)c(Oc2cc(Cl)cc(C#N)c2)c1. The van der Waals surface area contributed by atoms with E-state index in [0.717, 1.165) is 5.56 Å². The largest absolute Gasteiger partial charge is 0.457 e. The molecule has 36 heavy (non-hydrogen) atoms. The summed E-state index contributed by atoms with van der Waals surface area (Å²) in [6.45, 7) is 3.60. The molecule has 0 atom stereocenters. The lowest BCUT2D eigenvalue weighted by atomic mass is 10.1. The van der Waals surface area contributed by atoms with Crippen molar-refractivity contribution in [2.45, 2.75) is 31.6 Å². The Balaban J connectivity index is 1.70. The number of ether oxygens (including phenoxy) is 1. The molecule has 0 radical (unpaired) electrons. The van der Waals surface area contributed by atoms with Crippen molar-refractivity contribution in [3.8, 4) is 17.6 Å². The Kier molecular flexibility index (Phi) is 9.07. The van der Waals surface area contributed by atoms with E-state index in [-0.39, 0.29) is 30.4 Å². The minimum atomic E-state index is -3.70. The van der Waals surface area contributed by atoms with Crippen LogP contribution < -0.4 is 14.8 Å². The van der Waals surface area contributed by atoms with Gasteiger partial charge in [0.2, 0.25) is 15.9 Å². The number of nitrogens with zero attached hydrogens (tertiary/aromatic N) is 1. The van der Waals surface area contributed by atoms with Crippen molar-refractivity contribution in [2.24, 2.45) is 0 Å². The molecule has 10 heteroatoms. The quantitative estimate of drug-likeness (QED) is 0.334. The number of aliphatic hydroxyl groups excluding tert-OH is 1. The molecule has 0 aliphatic rings. The van der Waals surface area contributed by atoms with Crippen molar-refractivity contribution in [1.82, 2.24) is 4.72 Å². The van der Waals surface area contributed by atoms with E-state index in [2.05, 4.69) is 10.0 Å². The second kappa shape index (κ2) is 12.0. The number of hydrogen-bond donors (Lipinski definition) is 3. The van der Waals surface area contributed by atoms with Crippen molar-refractivity contribution in [3.05, 3.63) is 81.9 Å². The minimum absolute atomic E-state index is 0.0673. The van der Waals surface area contributed by atoms with Gasteiger partial charge in [0.15, 0.2) is 0 Å². The van der Waals surface area contributed by atoms with Crippen LogP contribution in [0.25, 0.3) is 0 Å². The highest BCUT2D eigenvalue weighted by atomic mass is 35.5. The second-order valence-corrected chi connectivity index (χ2v) is 10.4. The number of aliphatic hydroxyl groups is 1. The molecule has 8 nitrogen and oxygen atoms in total. The number of sulfonamides is 1. The molecule has 0 aromatic heterocycles. The average molecular weight is 528 g/mol. The fourth-order valence-corrected chi connectivity index (χ4v) is 4.75. The summed E-state index contributed by atoms with van der Waals surface area (Å²) >= 11 is 6.06. The summed E-state index contributed by atoms with van der Waals surface area (Å²) in [4.78, 5) is 12.8. The number of aryl methyl sites for hydroxylation is 2. The topological polar surface area (TPSA) is 129 Å². The number of anilines is 1. The molecule has 0 aliphatic heterocycles. The van der Waals surface area contributed by atoms with Crippen LogP contribution in [0.3, 0.4) is 0 Å². The number of halogens is 1. The number of nitriles is 1. The summed E-state index contributed by atoms with van der Waals surface area (Å²) in [7, 11) is -3.70. The number of rotatable bonds is 10. The molecular weight excluding hydrogens is 502 g/mol. The van der Waals surface area contributed by atoms with Gasteiger partial charge in [0.25, 0.3) is 0 Å². The summed E-state index contributed by atoms with van der Waals surface area (Å²) in [6, 6.07) is 16.6. The minimum Gasteiger partial charge on any atom is -0.457 e. The molecule has 0 fully saturated rings. The highest BCUT2D eigenvalue weighted by Crippen LogP contribution is 2.29. The van der Waals surface area contributed by atoms with E-state index >= 15 is 0 Å². The number of benzene rings is 3. The van der Waals surface area contributed by atoms with E-state index in [1.807, 2.05) is 25.1 Å². The Morgan fingerprint density at radius 3 is 2.56 bits per heavy atom. The van der Waals surface area contributed by atoms with Crippen LogP contribution in [0.2, 0.25) is 5.02 Å². The number of carbonyl (C=O) groups excluding carboxylic acids is 1. The van der Waals surface area contributed by atoms with Crippen LogP contribution in [-0.2, 0) is 21.2 Å². The Morgan fingerprint density at radius 2 is 1.86 bits per heavy atom. The average Bonchev–Trinajstić information content (AvgIpc) is 2.82. The van der Waals surface area contributed by atoms with E-state index in [0.29, 0.717) is 45.3 Å². The van der Waals surface area contributed by atoms with E-state index in [9.17, 15) is 13.2 Å². The summed E-state index contributed by atoms with van der Waals surface area (Å²) in [5.74, 6) is 0.672. The van der Waals surface area contributed by atoms with Crippen LogP contribution in [0, 0.1) is 25.2 Å². The van der Waals surface area contributed by atoms with Gasteiger partial charge in [0, 0.05) is 23.9 Å². The van der Waals surface area contributed by atoms with Gasteiger partial charge >= 0.3 is 0 Å². The first-order valence-electron chi connectivity index (χ1n) is 11.1. The summed E-state index contributed by atoms with van der Waals surface area (Å²) in [5, 5.41) is 21.2. The van der Waals surface area contributed by atoms with Gasteiger partial charge < -0.3 is 15.2 Å². The number of hydrogen-bond acceptors (Lipinski definition) is 6. The van der Waals surface area contributed by atoms with Crippen molar-refractivity contribution in [1.29, 1.82) is 5.26 Å². The van der Waals surface area contributed by atoms with Gasteiger partial charge in [-0.25, -0.2) is 13.1 Å². The van der Waals surface area contributed by atoms with Gasteiger partial charge in [-0.2, -0.15) is 5.26 Å². The zero-order valence-corrected chi connectivity index (χ0v) is 21.4. The maximum absolute atomic E-state index is 12.7. The van der Waals surface area contributed by atoms with Gasteiger partial charge in [-0.05, 0) is 79.4 Å². The molecule has 3 rings (SSSR count). The third-order valence-electron chi connectivity index (χ3n) is 5.25. The first-order valence-corrected chi connectivity index (χ1v) is 13.0. The molecular formula is C26H26ClN3O5S. The first-order chi connectivity index (χ1) is 17.1. The summed E-state index contributed by atoms with van der Waals surface area (Å²) in [5.41, 5.74) is 3.02. The number of amides is 1. The predicted molar refractivity (Wildman–Crippen MR) is 138 cm³/mol. The first kappa shape index (κ1) is 27.2. The Bertz CT molecular complexity index is 1420.